The summed E-state index contributed by atoms with van der Waals surface area (Å²) in [5.74, 6) is -1.22. The van der Waals surface area contributed by atoms with Gasteiger partial charge in [0.2, 0.25) is 0 Å². The number of nitrogens with zero attached hydrogens (tertiary/aromatic N) is 2. The van der Waals surface area contributed by atoms with Gasteiger partial charge in [-0.05, 0) is 133 Å². The quantitative estimate of drug-likeness (QED) is 0.0165. The van der Waals surface area contributed by atoms with Crippen LogP contribution in [0.3, 0.4) is 0 Å². The monoisotopic (exact) mass is 1820 g/mol. The maximum atomic E-state index is 15.6. The molecule has 2 heterocycles. The molecule has 7 aromatic carbocycles. The number of carbonyl (C=O) groups excluding carboxylic acids is 4. The number of carbonyl (C=O) groups is 4. The lowest BCUT2D eigenvalue weighted by atomic mass is 9.82. The lowest BCUT2D eigenvalue weighted by molar-refractivity contribution is 0.0877. The summed E-state index contributed by atoms with van der Waals surface area (Å²) in [5.41, 5.74) is 8.18. The van der Waals surface area contributed by atoms with Crippen LogP contribution >= 0.6 is 31.9 Å². The van der Waals surface area contributed by atoms with Gasteiger partial charge in [0.25, 0.3) is 23.6 Å². The molecule has 0 fully saturated rings. The van der Waals surface area contributed by atoms with E-state index in [9.17, 15) is 0 Å². The Morgan fingerprint density at radius 2 is 0.355 bits per heavy atom. The van der Waals surface area contributed by atoms with Gasteiger partial charge in [0, 0.05) is 52.4 Å². The Hall–Kier alpha value is -4.92. The lowest BCUT2D eigenvalue weighted by Crippen LogP contribution is -2.41. The Labute approximate surface area is 775 Å². The Morgan fingerprint density at radius 1 is 0.185 bits per heavy atom. The molecule has 2 aliphatic heterocycles. The number of amides is 4. The minimum Gasteiger partial charge on any atom is -0.268 e. The van der Waals surface area contributed by atoms with Crippen LogP contribution in [-0.2, 0) is 25.7 Å². The summed E-state index contributed by atoms with van der Waals surface area (Å²) in [7, 11) is 0. The first-order valence-corrected chi connectivity index (χ1v) is 55.3. The molecule has 0 spiro atoms. The third-order valence-electron chi connectivity index (χ3n) is 28.6. The van der Waals surface area contributed by atoms with Crippen LogP contribution in [0.15, 0.2) is 81.7 Å². The van der Waals surface area contributed by atoms with Gasteiger partial charge in [-0.1, -0.05) is 520 Å². The molecule has 0 aromatic heterocycles. The predicted molar refractivity (Wildman–Crippen MR) is 548 cm³/mol. The summed E-state index contributed by atoms with van der Waals surface area (Å²) in [6.45, 7) is 9.21. The number of rotatable bonds is 78. The Bertz CT molecular complexity index is 3770. The lowest BCUT2D eigenvalue weighted by Gasteiger charge is -2.31. The van der Waals surface area contributed by atoms with Crippen LogP contribution in [0.1, 0.15) is 554 Å². The fourth-order valence-corrected chi connectivity index (χ4v) is 22.4. The van der Waals surface area contributed by atoms with Crippen LogP contribution in [-0.4, -0.2) is 23.6 Å². The Kier molecular flexibility index (Phi) is 51.7. The van der Waals surface area contributed by atoms with E-state index >= 15 is 19.2 Å². The standard InChI is InChI=1S/C116H176Br2N2O4/c1-5-9-13-17-21-25-29-33-37-41-45-49-53-57-61-65-69-73-77-93-85-94(78-74-70-66-62-58-54-50-46-42-38-34-30-26-22-18-14-10-6-2)88-97(87-93)119-113(121)101-83-81-99-110-106(118)92-104-108-102(84-82-100(112(108)110)109-105(117)91-103(115(119)123)107(101)111(99)109)114(122)120(116(104)124)98-89-95(79-75-71-67-63-59-55-51-47-43-39-35-31-27-23-19-15-11-7-3)86-96(90-98)80-76-72-68-64-60-56-52-48-44-40-36-32-28-24-20-16-12-8-4/h81-92H,5-80H2,1-4H3. The first-order chi connectivity index (χ1) is 61.1. The zero-order chi connectivity index (χ0) is 87.2. The number of imide groups is 2. The zero-order valence-electron chi connectivity index (χ0n) is 80.0. The van der Waals surface area contributed by atoms with E-state index in [1.54, 1.807) is 0 Å². The van der Waals surface area contributed by atoms with Crippen molar-refractivity contribution in [3.8, 4) is 0 Å². The van der Waals surface area contributed by atoms with Crippen LogP contribution in [0, 0.1) is 0 Å². The van der Waals surface area contributed by atoms with Gasteiger partial charge in [-0.3, -0.25) is 19.2 Å². The maximum Gasteiger partial charge on any atom is 0.266 e. The van der Waals surface area contributed by atoms with Crippen molar-refractivity contribution in [3.63, 3.8) is 0 Å². The van der Waals surface area contributed by atoms with Crippen molar-refractivity contribution in [2.45, 2.75) is 516 Å². The average Bonchev–Trinajstić information content (AvgIpc) is 0.681. The maximum absolute atomic E-state index is 15.6. The fourth-order valence-electron chi connectivity index (χ4n) is 21.1. The van der Waals surface area contributed by atoms with E-state index < -0.39 is 0 Å². The summed E-state index contributed by atoms with van der Waals surface area (Å²) in [4.78, 5) is 65.4. The normalized spacial score (nSPS) is 13.0. The largest absolute Gasteiger partial charge is 0.268 e. The molecule has 7 aromatic rings. The molecule has 6 nitrogen and oxygen atoms in total. The van der Waals surface area contributed by atoms with Crippen LogP contribution in [0.25, 0.3) is 43.1 Å². The van der Waals surface area contributed by atoms with Gasteiger partial charge in [-0.2, -0.15) is 0 Å². The third kappa shape index (κ3) is 34.7. The van der Waals surface area contributed by atoms with Crippen molar-refractivity contribution < 1.29 is 19.2 Å². The molecule has 0 atom stereocenters. The van der Waals surface area contributed by atoms with Gasteiger partial charge in [0.15, 0.2) is 0 Å². The highest BCUT2D eigenvalue weighted by molar-refractivity contribution is 9.11. The number of hydrogen-bond donors (Lipinski definition) is 0. The van der Waals surface area contributed by atoms with Crippen molar-refractivity contribution in [1.29, 1.82) is 0 Å². The van der Waals surface area contributed by atoms with E-state index in [0.717, 1.165) is 92.6 Å². The minimum absolute atomic E-state index is 0.300. The molecule has 0 saturated carbocycles. The molecule has 8 heteroatoms. The first-order valence-electron chi connectivity index (χ1n) is 53.7. The van der Waals surface area contributed by atoms with E-state index in [0.29, 0.717) is 44.4 Å². The molecule has 2 aliphatic rings. The zero-order valence-corrected chi connectivity index (χ0v) is 83.1. The van der Waals surface area contributed by atoms with Crippen molar-refractivity contribution in [1.82, 2.24) is 0 Å². The SMILES string of the molecule is CCCCCCCCCCCCCCCCCCCCc1cc(CCCCCCCCCCCCCCCCCCCC)cc(N2C(=O)c3ccc4c5c(Br)cc6c7c(ccc(c8c(Br)cc(c3c48)C2=O)c75)C(=O)N(c2cc(CCCCCCCCCCCCCCCCCCCC)cc(CCCCCCCCCCCCCCCCCCCC)c2)C6=O)c1. The van der Waals surface area contributed by atoms with Crippen molar-refractivity contribution >= 4 is 110 Å². The fraction of sp³-hybridized carbons (Fsp3) is 0.690. The van der Waals surface area contributed by atoms with Crippen molar-refractivity contribution in [2.75, 3.05) is 9.80 Å². The van der Waals surface area contributed by atoms with Gasteiger partial charge in [-0.25, -0.2) is 9.80 Å². The summed E-state index contributed by atoms with van der Waals surface area (Å²) in [6.07, 6.45) is 101. The molecule has 0 saturated heterocycles. The smallest absolute Gasteiger partial charge is 0.266 e. The Balaban J connectivity index is 0.851. The minimum atomic E-state index is -0.309. The van der Waals surface area contributed by atoms with Crippen LogP contribution in [0.5, 0.6) is 0 Å². The van der Waals surface area contributed by atoms with Gasteiger partial charge in [-0.15, -0.1) is 0 Å². The Morgan fingerprint density at radius 3 is 0.540 bits per heavy atom. The molecule has 0 unspecified atom stereocenters. The molecular weight excluding hydrogens is 1650 g/mol. The molecule has 4 amide bonds. The number of fused-ring (bicyclic) bond motifs is 2. The molecule has 688 valence electrons. The van der Waals surface area contributed by atoms with Crippen LogP contribution in [0.4, 0.5) is 11.4 Å². The van der Waals surface area contributed by atoms with E-state index in [1.165, 1.54) is 469 Å². The molecule has 124 heavy (non-hydrogen) atoms. The van der Waals surface area contributed by atoms with E-state index in [4.69, 9.17) is 0 Å². The molecule has 0 bridgehead atoms. The van der Waals surface area contributed by atoms with Crippen molar-refractivity contribution in [2.24, 2.45) is 0 Å². The molecule has 0 radical (unpaired) electrons. The molecule has 0 N–H and O–H groups in total. The number of unbranched alkanes of at least 4 members (excludes halogenated alkanes) is 68. The second-order valence-corrected chi connectivity index (χ2v) is 41.0. The number of aryl methyl sites for hydroxylation is 4. The highest BCUT2D eigenvalue weighted by Crippen LogP contribution is 2.51. The second kappa shape index (κ2) is 62.4. The highest BCUT2D eigenvalue weighted by Gasteiger charge is 2.40. The van der Waals surface area contributed by atoms with Gasteiger partial charge in [0.05, 0.1) is 22.5 Å². The summed E-state index contributed by atoms with van der Waals surface area (Å²) in [5, 5.41) is 6.45. The molecule has 9 rings (SSSR count). The van der Waals surface area contributed by atoms with E-state index in [-0.39, 0.29) is 23.6 Å². The summed E-state index contributed by atoms with van der Waals surface area (Å²) < 4.78 is 1.47. The van der Waals surface area contributed by atoms with Gasteiger partial charge in [0.1, 0.15) is 0 Å². The number of halogens is 2. The third-order valence-corrected chi connectivity index (χ3v) is 29.9. The second-order valence-electron chi connectivity index (χ2n) is 39.3. The van der Waals surface area contributed by atoms with Crippen LogP contribution < -0.4 is 9.80 Å². The predicted octanol–water partition coefficient (Wildman–Crippen LogP) is 39.2. The topological polar surface area (TPSA) is 74.8 Å². The van der Waals surface area contributed by atoms with Gasteiger partial charge >= 0.3 is 0 Å². The van der Waals surface area contributed by atoms with E-state index in [1.807, 2.05) is 36.4 Å². The number of benzene rings is 7. The van der Waals surface area contributed by atoms with E-state index in [2.05, 4.69) is 96.0 Å². The number of hydrogen-bond acceptors (Lipinski definition) is 4. The average molecular weight is 1820 g/mol. The van der Waals surface area contributed by atoms with Crippen molar-refractivity contribution in [3.05, 3.63) is 126 Å². The summed E-state index contributed by atoms with van der Waals surface area (Å²) in [6, 6.07) is 25.2. The first kappa shape index (κ1) is 103. The molecule has 0 aliphatic carbocycles. The number of anilines is 2. The highest BCUT2D eigenvalue weighted by atomic mass is 79.9. The van der Waals surface area contributed by atoms with Gasteiger partial charge < -0.3 is 0 Å². The molecular formula is C116H176Br2N2O4. The van der Waals surface area contributed by atoms with Crippen LogP contribution in [0.2, 0.25) is 0 Å². The summed E-state index contributed by atoms with van der Waals surface area (Å²) >= 11 is 8.15.